The Bertz CT molecular complexity index is 1030. The first kappa shape index (κ1) is 13.1. The summed E-state index contributed by atoms with van der Waals surface area (Å²) in [6, 6.07) is 15.6. The molecule has 0 radical (unpaired) electrons. The fraction of sp³-hybridized carbons (Fsp3) is 0.0625. The highest BCUT2D eigenvalue weighted by Gasteiger charge is 2.11. The minimum atomic E-state index is -0.284. The van der Waals surface area contributed by atoms with Crippen LogP contribution in [0.1, 0.15) is 0 Å². The van der Waals surface area contributed by atoms with Gasteiger partial charge in [0, 0.05) is 15.8 Å². The molecule has 0 amide bonds. The first-order chi connectivity index (χ1) is 10.8. The van der Waals surface area contributed by atoms with Crippen molar-refractivity contribution in [3.63, 3.8) is 0 Å². The maximum atomic E-state index is 12.1. The highest BCUT2D eigenvalue weighted by Crippen LogP contribution is 2.22. The van der Waals surface area contributed by atoms with Gasteiger partial charge in [0.15, 0.2) is 11.5 Å². The monoisotopic (exact) mass is 308 g/mol. The van der Waals surface area contributed by atoms with E-state index in [1.807, 2.05) is 54.8 Å². The minimum Gasteiger partial charge on any atom is -0.305 e. The first-order valence-electron chi connectivity index (χ1n) is 6.78. The van der Waals surface area contributed by atoms with Gasteiger partial charge in [-0.1, -0.05) is 24.3 Å². The Balaban J connectivity index is 1.98. The van der Waals surface area contributed by atoms with E-state index in [1.165, 1.54) is 9.41 Å². The summed E-state index contributed by atoms with van der Waals surface area (Å²) in [6.45, 7) is 0. The zero-order valence-electron chi connectivity index (χ0n) is 11.8. The molecule has 108 valence electrons. The van der Waals surface area contributed by atoms with Gasteiger partial charge in [-0.15, -0.1) is 16.9 Å². The van der Waals surface area contributed by atoms with Crippen molar-refractivity contribution in [3.05, 3.63) is 59.0 Å². The first-order valence-corrected chi connectivity index (χ1v) is 8.01. The van der Waals surface area contributed by atoms with Gasteiger partial charge in [-0.25, -0.2) is 9.78 Å². The predicted molar refractivity (Wildman–Crippen MR) is 88.3 cm³/mol. The summed E-state index contributed by atoms with van der Waals surface area (Å²) < 4.78 is 1.32. The maximum absolute atomic E-state index is 12.1. The van der Waals surface area contributed by atoms with Gasteiger partial charge in [-0.3, -0.25) is 0 Å². The fourth-order valence-electron chi connectivity index (χ4n) is 2.45. The Morgan fingerprint density at radius 3 is 2.64 bits per heavy atom. The van der Waals surface area contributed by atoms with Crippen LogP contribution in [0.3, 0.4) is 0 Å². The third-order valence-electron chi connectivity index (χ3n) is 3.56. The van der Waals surface area contributed by atoms with Crippen molar-refractivity contribution in [1.29, 1.82) is 0 Å². The number of nitrogens with zero attached hydrogens (tertiary/aromatic N) is 3. The van der Waals surface area contributed by atoms with Gasteiger partial charge in [-0.05, 0) is 30.5 Å². The summed E-state index contributed by atoms with van der Waals surface area (Å²) >= 11 is 1.68. The molecule has 0 saturated carbocycles. The number of benzene rings is 2. The van der Waals surface area contributed by atoms with Crippen molar-refractivity contribution < 1.29 is 0 Å². The molecule has 0 bridgehead atoms. The standard InChI is InChI=1S/C16H12N4OS/c1-22-11-8-6-10(7-9-11)14-18-15-12-4-2-3-5-13(12)17-16(21)20(15)19-14/h2-9H,1H3,(H,17,21). The Labute approximate surface area is 130 Å². The van der Waals surface area contributed by atoms with Crippen LogP contribution in [-0.4, -0.2) is 25.8 Å². The van der Waals surface area contributed by atoms with Crippen molar-refractivity contribution in [2.45, 2.75) is 4.90 Å². The van der Waals surface area contributed by atoms with Crippen molar-refractivity contribution in [3.8, 4) is 11.4 Å². The highest BCUT2D eigenvalue weighted by atomic mass is 32.2. The van der Waals surface area contributed by atoms with Crippen molar-refractivity contribution in [2.24, 2.45) is 0 Å². The van der Waals surface area contributed by atoms with E-state index in [2.05, 4.69) is 15.1 Å². The van der Waals surface area contributed by atoms with E-state index in [0.29, 0.717) is 11.5 Å². The van der Waals surface area contributed by atoms with E-state index in [4.69, 9.17) is 0 Å². The molecule has 2 aromatic carbocycles. The molecule has 0 aliphatic rings. The molecule has 4 rings (SSSR count). The molecule has 2 heterocycles. The molecule has 0 spiro atoms. The van der Waals surface area contributed by atoms with E-state index in [-0.39, 0.29) is 5.69 Å². The zero-order valence-corrected chi connectivity index (χ0v) is 12.6. The number of fused-ring (bicyclic) bond motifs is 3. The normalized spacial score (nSPS) is 11.3. The molecular formula is C16H12N4OS. The summed E-state index contributed by atoms with van der Waals surface area (Å²) in [5.41, 5.74) is 1.94. The number of nitrogens with one attached hydrogen (secondary N) is 1. The molecule has 0 aliphatic carbocycles. The summed E-state index contributed by atoms with van der Waals surface area (Å²) in [7, 11) is 0. The van der Waals surface area contributed by atoms with E-state index in [1.54, 1.807) is 11.8 Å². The van der Waals surface area contributed by atoms with Crippen LogP contribution in [0.15, 0.2) is 58.2 Å². The molecule has 1 N–H and O–H groups in total. The van der Waals surface area contributed by atoms with Gasteiger partial charge >= 0.3 is 5.69 Å². The summed E-state index contributed by atoms with van der Waals surface area (Å²) in [5, 5.41) is 5.22. The zero-order chi connectivity index (χ0) is 15.1. The second-order valence-electron chi connectivity index (χ2n) is 4.88. The highest BCUT2D eigenvalue weighted by molar-refractivity contribution is 7.98. The van der Waals surface area contributed by atoms with Crippen molar-refractivity contribution in [2.75, 3.05) is 6.26 Å². The molecule has 22 heavy (non-hydrogen) atoms. The van der Waals surface area contributed by atoms with Gasteiger partial charge in [-0.2, -0.15) is 4.52 Å². The lowest BCUT2D eigenvalue weighted by Gasteiger charge is -1.97. The molecule has 6 heteroatoms. The van der Waals surface area contributed by atoms with Crippen LogP contribution in [0.5, 0.6) is 0 Å². The molecule has 4 aromatic rings. The predicted octanol–water partition coefficient (Wildman–Crippen LogP) is 2.96. The third kappa shape index (κ3) is 2.00. The van der Waals surface area contributed by atoms with Crippen LogP contribution < -0.4 is 5.69 Å². The van der Waals surface area contributed by atoms with Crippen LogP contribution in [0, 0.1) is 0 Å². The number of rotatable bonds is 2. The lowest BCUT2D eigenvalue weighted by molar-refractivity contribution is 0.885. The van der Waals surface area contributed by atoms with E-state index in [9.17, 15) is 4.79 Å². The van der Waals surface area contributed by atoms with Gasteiger partial charge in [0.1, 0.15) is 0 Å². The molecule has 0 aliphatic heterocycles. The lowest BCUT2D eigenvalue weighted by Crippen LogP contribution is -2.17. The number of para-hydroxylation sites is 1. The molecule has 5 nitrogen and oxygen atoms in total. The van der Waals surface area contributed by atoms with Gasteiger partial charge in [0.2, 0.25) is 0 Å². The third-order valence-corrected chi connectivity index (χ3v) is 4.30. The summed E-state index contributed by atoms with van der Waals surface area (Å²) in [5.74, 6) is 0.550. The SMILES string of the molecule is CSc1ccc(-c2nc3c4ccccc4[nH]c(=O)n3n2)cc1. The topological polar surface area (TPSA) is 63.0 Å². The van der Waals surface area contributed by atoms with Crippen LogP contribution in [-0.2, 0) is 0 Å². The maximum Gasteiger partial charge on any atom is 0.348 e. The number of hydrogen-bond donors (Lipinski definition) is 1. The Morgan fingerprint density at radius 2 is 1.86 bits per heavy atom. The molecular weight excluding hydrogens is 296 g/mol. The molecule has 0 atom stereocenters. The van der Waals surface area contributed by atoms with Crippen LogP contribution in [0.4, 0.5) is 0 Å². The van der Waals surface area contributed by atoms with E-state index < -0.39 is 0 Å². The van der Waals surface area contributed by atoms with Crippen LogP contribution in [0.25, 0.3) is 27.9 Å². The van der Waals surface area contributed by atoms with Crippen molar-refractivity contribution in [1.82, 2.24) is 19.6 Å². The number of H-pyrrole nitrogens is 1. The summed E-state index contributed by atoms with van der Waals surface area (Å²) in [4.78, 5) is 20.7. The molecule has 2 aromatic heterocycles. The number of hydrogen-bond acceptors (Lipinski definition) is 4. The summed E-state index contributed by atoms with van der Waals surface area (Å²) in [6.07, 6.45) is 2.03. The van der Waals surface area contributed by atoms with Gasteiger partial charge < -0.3 is 4.98 Å². The van der Waals surface area contributed by atoms with Gasteiger partial charge in [0.25, 0.3) is 0 Å². The average Bonchev–Trinajstić information content (AvgIpc) is 3.01. The fourth-order valence-corrected chi connectivity index (χ4v) is 2.85. The second kappa shape index (κ2) is 4.99. The van der Waals surface area contributed by atoms with Gasteiger partial charge in [0.05, 0.1) is 5.52 Å². The molecule has 0 fully saturated rings. The van der Waals surface area contributed by atoms with Crippen molar-refractivity contribution >= 4 is 28.3 Å². The Hall–Kier alpha value is -2.60. The van der Waals surface area contributed by atoms with E-state index in [0.717, 1.165) is 16.5 Å². The number of thioether (sulfide) groups is 1. The largest absolute Gasteiger partial charge is 0.348 e. The lowest BCUT2D eigenvalue weighted by atomic mass is 10.2. The number of aromatic amines is 1. The average molecular weight is 308 g/mol. The van der Waals surface area contributed by atoms with Crippen LogP contribution >= 0.6 is 11.8 Å². The van der Waals surface area contributed by atoms with E-state index >= 15 is 0 Å². The Morgan fingerprint density at radius 1 is 1.09 bits per heavy atom. The minimum absolute atomic E-state index is 0.284. The van der Waals surface area contributed by atoms with Crippen LogP contribution in [0.2, 0.25) is 0 Å². The second-order valence-corrected chi connectivity index (χ2v) is 5.75. The molecule has 0 unspecified atom stereocenters. The number of aromatic nitrogens is 4. The molecule has 0 saturated heterocycles. The Kier molecular flexibility index (Phi) is 2.97. The quantitative estimate of drug-likeness (QED) is 0.578. The smallest absolute Gasteiger partial charge is 0.305 e.